The number of nitrogens with zero attached hydrogens (tertiary/aromatic N) is 2. The highest BCUT2D eigenvalue weighted by Gasteiger charge is 2.06. The van der Waals surface area contributed by atoms with Gasteiger partial charge in [0.25, 0.3) is 0 Å². The molecule has 0 saturated heterocycles. The molecular formula is C19H17FN4O. The molecule has 25 heavy (non-hydrogen) atoms. The lowest BCUT2D eigenvalue weighted by Crippen LogP contribution is -2.15. The first kappa shape index (κ1) is 16.6. The topological polar surface area (TPSA) is 66.9 Å². The molecule has 0 bridgehead atoms. The number of benzene rings is 1. The number of nitrogens with one attached hydrogen (secondary N) is 2. The second-order valence-corrected chi connectivity index (χ2v) is 5.46. The second-order valence-electron chi connectivity index (χ2n) is 5.46. The number of anilines is 2. The third-order valence-electron chi connectivity index (χ3n) is 3.48. The van der Waals surface area contributed by atoms with Gasteiger partial charge >= 0.3 is 0 Å². The fraction of sp³-hybridized carbons (Fsp3) is 0.105. The van der Waals surface area contributed by atoms with E-state index < -0.39 is 0 Å². The summed E-state index contributed by atoms with van der Waals surface area (Å²) in [7, 11) is 0. The summed E-state index contributed by atoms with van der Waals surface area (Å²) in [5.74, 6) is -0.149. The normalized spacial score (nSPS) is 10.3. The highest BCUT2D eigenvalue weighted by atomic mass is 19.1. The van der Waals surface area contributed by atoms with Crippen LogP contribution >= 0.6 is 0 Å². The molecule has 3 aromatic rings. The molecule has 0 radical (unpaired) electrons. The minimum atomic E-state index is -0.355. The number of hydrogen-bond donors (Lipinski definition) is 2. The summed E-state index contributed by atoms with van der Waals surface area (Å²) in [6.45, 7) is 0.591. The molecule has 3 rings (SSSR count). The van der Waals surface area contributed by atoms with Gasteiger partial charge in [0.15, 0.2) is 0 Å². The Morgan fingerprint density at radius 2 is 1.96 bits per heavy atom. The third-order valence-corrected chi connectivity index (χ3v) is 3.48. The lowest BCUT2D eigenvalue weighted by molar-refractivity contribution is -0.115. The van der Waals surface area contributed by atoms with E-state index in [1.807, 2.05) is 24.3 Å². The fourth-order valence-corrected chi connectivity index (χ4v) is 2.29. The molecule has 0 aliphatic heterocycles. The van der Waals surface area contributed by atoms with Crippen LogP contribution in [0.5, 0.6) is 0 Å². The van der Waals surface area contributed by atoms with Gasteiger partial charge in [-0.3, -0.25) is 9.78 Å². The van der Waals surface area contributed by atoms with Gasteiger partial charge < -0.3 is 10.6 Å². The van der Waals surface area contributed by atoms with Crippen molar-refractivity contribution in [3.8, 4) is 0 Å². The predicted molar refractivity (Wildman–Crippen MR) is 94.5 cm³/mol. The first-order chi connectivity index (χ1) is 12.2. The van der Waals surface area contributed by atoms with Crippen molar-refractivity contribution >= 4 is 17.4 Å². The van der Waals surface area contributed by atoms with Gasteiger partial charge in [0.2, 0.25) is 5.91 Å². The number of hydrogen-bond acceptors (Lipinski definition) is 4. The van der Waals surface area contributed by atoms with E-state index >= 15 is 0 Å². The number of amides is 1. The molecule has 126 valence electrons. The Hall–Kier alpha value is -3.28. The van der Waals surface area contributed by atoms with Gasteiger partial charge in [0, 0.05) is 6.20 Å². The van der Waals surface area contributed by atoms with Crippen molar-refractivity contribution in [3.05, 3.63) is 84.1 Å². The van der Waals surface area contributed by atoms with Crippen LogP contribution in [0, 0.1) is 5.82 Å². The number of pyridine rings is 2. The molecule has 0 atom stereocenters. The first-order valence-electron chi connectivity index (χ1n) is 7.83. The van der Waals surface area contributed by atoms with Crippen LogP contribution in [-0.2, 0) is 17.8 Å². The highest BCUT2D eigenvalue weighted by molar-refractivity contribution is 5.91. The zero-order chi connectivity index (χ0) is 17.5. The lowest BCUT2D eigenvalue weighted by Gasteiger charge is -2.08. The van der Waals surface area contributed by atoms with Crippen molar-refractivity contribution in [1.29, 1.82) is 0 Å². The van der Waals surface area contributed by atoms with Crippen molar-refractivity contribution in [2.75, 3.05) is 10.6 Å². The van der Waals surface area contributed by atoms with Crippen molar-refractivity contribution < 1.29 is 9.18 Å². The molecular weight excluding hydrogens is 319 g/mol. The molecule has 1 aromatic carbocycles. The largest absolute Gasteiger partial charge is 0.378 e. The van der Waals surface area contributed by atoms with Crippen molar-refractivity contribution in [1.82, 2.24) is 9.97 Å². The van der Waals surface area contributed by atoms with Crippen molar-refractivity contribution in [2.24, 2.45) is 0 Å². The molecule has 0 unspecified atom stereocenters. The van der Waals surface area contributed by atoms with Crippen LogP contribution < -0.4 is 10.6 Å². The van der Waals surface area contributed by atoms with E-state index in [1.165, 1.54) is 12.1 Å². The summed E-state index contributed by atoms with van der Waals surface area (Å²) in [4.78, 5) is 20.4. The number of carbonyl (C=O) groups is 1. The maximum atomic E-state index is 13.1. The highest BCUT2D eigenvalue weighted by Crippen LogP contribution is 2.12. The maximum absolute atomic E-state index is 13.1. The van der Waals surface area contributed by atoms with Crippen LogP contribution in [0.4, 0.5) is 15.9 Å². The molecule has 5 nitrogen and oxygen atoms in total. The minimum absolute atomic E-state index is 0.0963. The van der Waals surface area contributed by atoms with Crippen LogP contribution in [0.2, 0.25) is 0 Å². The Kier molecular flexibility index (Phi) is 5.31. The number of aromatic nitrogens is 2. The zero-order valence-corrected chi connectivity index (χ0v) is 13.4. The quantitative estimate of drug-likeness (QED) is 0.724. The SMILES string of the molecule is O=C(Cc1cccc(F)c1)Nc1ccc(NCc2ccccn2)cn1. The molecule has 0 aliphatic carbocycles. The Bertz CT molecular complexity index is 838. The fourth-order valence-electron chi connectivity index (χ4n) is 2.29. The van der Waals surface area contributed by atoms with Crippen LogP contribution in [0.15, 0.2) is 67.0 Å². The Morgan fingerprint density at radius 3 is 2.68 bits per heavy atom. The number of halogens is 1. The van der Waals surface area contributed by atoms with Gasteiger partial charge in [-0.2, -0.15) is 0 Å². The van der Waals surface area contributed by atoms with Gasteiger partial charge in [-0.15, -0.1) is 0 Å². The molecule has 0 saturated carbocycles. The summed E-state index contributed by atoms with van der Waals surface area (Å²) < 4.78 is 13.1. The molecule has 2 heterocycles. The van der Waals surface area contributed by atoms with Crippen molar-refractivity contribution in [3.63, 3.8) is 0 Å². The van der Waals surface area contributed by atoms with Gasteiger partial charge in [0.05, 0.1) is 30.5 Å². The average molecular weight is 336 g/mol. The molecule has 2 N–H and O–H groups in total. The maximum Gasteiger partial charge on any atom is 0.229 e. The second kappa shape index (κ2) is 8.01. The van der Waals surface area contributed by atoms with E-state index in [0.717, 1.165) is 11.4 Å². The Morgan fingerprint density at radius 1 is 1.04 bits per heavy atom. The Labute approximate surface area is 145 Å². The van der Waals surface area contributed by atoms with Gasteiger partial charge in [-0.05, 0) is 42.0 Å². The monoisotopic (exact) mass is 336 g/mol. The molecule has 0 fully saturated rings. The van der Waals surface area contributed by atoms with Crippen LogP contribution in [0.25, 0.3) is 0 Å². The molecule has 0 aliphatic rings. The molecule has 6 heteroatoms. The zero-order valence-electron chi connectivity index (χ0n) is 13.4. The molecule has 0 spiro atoms. The number of carbonyl (C=O) groups excluding carboxylic acids is 1. The van der Waals surface area contributed by atoms with Crippen LogP contribution in [0.1, 0.15) is 11.3 Å². The average Bonchev–Trinajstić information content (AvgIpc) is 2.62. The summed E-state index contributed by atoms with van der Waals surface area (Å²) in [5.41, 5.74) is 2.37. The molecule has 1 amide bonds. The van der Waals surface area contributed by atoms with E-state index in [4.69, 9.17) is 0 Å². The van der Waals surface area contributed by atoms with Gasteiger partial charge in [-0.1, -0.05) is 18.2 Å². The van der Waals surface area contributed by atoms with Gasteiger partial charge in [-0.25, -0.2) is 9.37 Å². The summed E-state index contributed by atoms with van der Waals surface area (Å²) >= 11 is 0. The van der Waals surface area contributed by atoms with Crippen molar-refractivity contribution in [2.45, 2.75) is 13.0 Å². The number of rotatable bonds is 6. The van der Waals surface area contributed by atoms with E-state index in [0.29, 0.717) is 17.9 Å². The molecule has 2 aromatic heterocycles. The van der Waals surface area contributed by atoms with Crippen LogP contribution in [-0.4, -0.2) is 15.9 Å². The summed E-state index contributed by atoms with van der Waals surface area (Å²) in [6.07, 6.45) is 3.48. The Balaban J connectivity index is 1.52. The third kappa shape index (κ3) is 5.10. The van der Waals surface area contributed by atoms with Gasteiger partial charge in [0.1, 0.15) is 11.6 Å². The summed E-state index contributed by atoms with van der Waals surface area (Å²) in [5, 5.41) is 5.91. The van der Waals surface area contributed by atoms with E-state index in [2.05, 4.69) is 20.6 Å². The predicted octanol–water partition coefficient (Wildman–Crippen LogP) is 3.41. The van der Waals surface area contributed by atoms with E-state index in [-0.39, 0.29) is 18.1 Å². The lowest BCUT2D eigenvalue weighted by atomic mass is 10.1. The van der Waals surface area contributed by atoms with E-state index in [9.17, 15) is 9.18 Å². The van der Waals surface area contributed by atoms with Crippen LogP contribution in [0.3, 0.4) is 0 Å². The standard InChI is InChI=1S/C19H17FN4O/c20-15-5-3-4-14(10-15)11-19(25)24-18-8-7-17(13-23-18)22-12-16-6-1-2-9-21-16/h1-10,13,22H,11-12H2,(H,23,24,25). The smallest absolute Gasteiger partial charge is 0.229 e. The minimum Gasteiger partial charge on any atom is -0.378 e. The summed E-state index contributed by atoms with van der Waals surface area (Å²) in [6, 6.07) is 15.3. The first-order valence-corrected chi connectivity index (χ1v) is 7.83. The van der Waals surface area contributed by atoms with E-state index in [1.54, 1.807) is 30.6 Å².